The monoisotopic (exact) mass is 892 g/mol. The van der Waals surface area contributed by atoms with E-state index in [1.54, 1.807) is 0 Å². The van der Waals surface area contributed by atoms with Gasteiger partial charge in [-0.25, -0.2) is 0 Å². The molecule has 0 fully saturated rings. The van der Waals surface area contributed by atoms with Crippen molar-refractivity contribution < 1.29 is 132 Å². The van der Waals surface area contributed by atoms with Gasteiger partial charge in [-0.2, -0.15) is 132 Å². The lowest BCUT2D eigenvalue weighted by Gasteiger charge is -2.44. The molecule has 0 saturated heterocycles. The number of rotatable bonds is 13. The van der Waals surface area contributed by atoms with Crippen molar-refractivity contribution >= 4 is 22.6 Å². The van der Waals surface area contributed by atoms with Crippen LogP contribution in [-0.4, -0.2) is 87.3 Å². The van der Waals surface area contributed by atoms with E-state index >= 15 is 0 Å². The van der Waals surface area contributed by atoms with Gasteiger partial charge in [0.15, 0.2) is 0 Å². The van der Waals surface area contributed by atoms with Gasteiger partial charge in [-0.3, -0.25) is 0 Å². The lowest BCUT2D eigenvalue weighted by Crippen LogP contribution is -2.75. The van der Waals surface area contributed by atoms with Gasteiger partial charge in [0.1, 0.15) is 0 Å². The summed E-state index contributed by atoms with van der Waals surface area (Å²) >= 11 is -1.11. The summed E-state index contributed by atoms with van der Waals surface area (Å²) in [4.78, 5) is 0. The van der Waals surface area contributed by atoms with E-state index in [-0.39, 0.29) is 0 Å². The summed E-state index contributed by atoms with van der Waals surface area (Å²) < 4.78 is 389. The molecule has 0 bridgehead atoms. The van der Waals surface area contributed by atoms with Gasteiger partial charge in [-0.15, -0.1) is 0 Å². The average Bonchev–Trinajstić information content (AvgIpc) is 2.80. The van der Waals surface area contributed by atoms with Gasteiger partial charge in [0.2, 0.25) is 0 Å². The molecule has 0 amide bonds. The molecule has 47 heavy (non-hydrogen) atoms. The zero-order valence-corrected chi connectivity index (χ0v) is 22.2. The van der Waals surface area contributed by atoms with E-state index in [4.69, 9.17) is 0 Å². The number of halogens is 31. The molecule has 0 radical (unpaired) electrons. The molecular weight excluding hydrogens is 889 g/mol. The number of hydrogen-bond acceptors (Lipinski definition) is 0. The van der Waals surface area contributed by atoms with E-state index in [1.807, 2.05) is 0 Å². The van der Waals surface area contributed by atoms with Crippen LogP contribution in [0.15, 0.2) is 0 Å². The van der Waals surface area contributed by atoms with Crippen LogP contribution in [0.3, 0.4) is 0 Å². The first-order valence-corrected chi connectivity index (χ1v) is 11.2. The maximum Gasteiger partial charge on any atom is 0.460 e. The predicted octanol–water partition coefficient (Wildman–Crippen LogP) is 10.9. The van der Waals surface area contributed by atoms with Crippen LogP contribution in [0.2, 0.25) is 0 Å². The Balaban J connectivity index is 7.06. The fourth-order valence-corrected chi connectivity index (χ4v) is 3.60. The van der Waals surface area contributed by atoms with Gasteiger partial charge in [0, 0.05) is 6.42 Å². The maximum absolute atomic E-state index is 14.0. The SMILES string of the molecule is FC(F)(F)C(F)(F)C(F)(F)C(F)(F)C(F)(F)C(F)(F)CC(I)C(F)(F)C(F)(F)C(F)(F)C(F)(F)C(F)(F)C(F)(F)C(F)(F)C(F)(F)F. The Morgan fingerprint density at radius 3 is 0.702 bits per heavy atom. The van der Waals surface area contributed by atoms with Gasteiger partial charge in [-0.1, -0.05) is 22.6 Å². The molecule has 0 nitrogen and oxygen atoms in total. The summed E-state index contributed by atoms with van der Waals surface area (Å²) in [6, 6.07) is 0. The maximum atomic E-state index is 14.0. The molecule has 284 valence electrons. The average molecular weight is 892 g/mol. The summed E-state index contributed by atoms with van der Waals surface area (Å²) in [6.07, 6.45) is -20.8. The molecule has 0 aliphatic heterocycles. The third-order valence-electron chi connectivity index (χ3n) is 5.57. The lowest BCUT2D eigenvalue weighted by molar-refractivity contribution is -0.462. The molecule has 0 aromatic rings. The van der Waals surface area contributed by atoms with Crippen molar-refractivity contribution in [2.45, 2.75) is 93.8 Å². The Morgan fingerprint density at radius 1 is 0.277 bits per heavy atom. The van der Waals surface area contributed by atoms with Crippen LogP contribution in [-0.2, 0) is 0 Å². The summed E-state index contributed by atoms with van der Waals surface area (Å²) in [7, 11) is 0. The highest BCUT2D eigenvalue weighted by Gasteiger charge is 2.96. The van der Waals surface area contributed by atoms with Crippen LogP contribution in [0.1, 0.15) is 6.42 Å². The van der Waals surface area contributed by atoms with Crippen molar-refractivity contribution in [2.75, 3.05) is 0 Å². The summed E-state index contributed by atoms with van der Waals surface area (Å²) in [5.41, 5.74) is 0. The topological polar surface area (TPSA) is 0 Å². The molecular formula is C16H3F30I. The molecule has 0 aliphatic rings. The number of hydrogen-bond donors (Lipinski definition) is 0. The Kier molecular flexibility index (Phi) is 11.0. The minimum absolute atomic E-state index is 1.11. The van der Waals surface area contributed by atoms with E-state index in [0.717, 1.165) is 0 Å². The second kappa shape index (κ2) is 11.3. The van der Waals surface area contributed by atoms with Crippen molar-refractivity contribution in [1.29, 1.82) is 0 Å². The van der Waals surface area contributed by atoms with Gasteiger partial charge < -0.3 is 0 Å². The van der Waals surface area contributed by atoms with Crippen molar-refractivity contribution in [3.8, 4) is 0 Å². The lowest BCUT2D eigenvalue weighted by atomic mass is 9.86. The molecule has 31 heteroatoms. The van der Waals surface area contributed by atoms with Crippen LogP contribution in [0.25, 0.3) is 0 Å². The Bertz CT molecular complexity index is 1120. The van der Waals surface area contributed by atoms with Gasteiger partial charge in [0.25, 0.3) is 0 Å². The normalized spacial score (nSPS) is 17.7. The highest BCUT2D eigenvalue weighted by molar-refractivity contribution is 14.1. The largest absolute Gasteiger partial charge is 0.460 e. The van der Waals surface area contributed by atoms with Crippen molar-refractivity contribution in [3.05, 3.63) is 0 Å². The minimum atomic E-state index is -9.33. The van der Waals surface area contributed by atoms with Crippen LogP contribution in [0, 0.1) is 0 Å². The summed E-state index contributed by atoms with van der Waals surface area (Å²) in [5.74, 6) is -105. The second-order valence-electron chi connectivity index (χ2n) is 8.74. The third kappa shape index (κ3) is 5.86. The zero-order chi connectivity index (χ0) is 39.3. The van der Waals surface area contributed by atoms with Crippen LogP contribution >= 0.6 is 22.6 Å². The van der Waals surface area contributed by atoms with E-state index in [0.29, 0.717) is 0 Å². The first-order chi connectivity index (χ1) is 19.6. The summed E-state index contributed by atoms with van der Waals surface area (Å²) in [6.45, 7) is 0. The van der Waals surface area contributed by atoms with Crippen LogP contribution in [0.4, 0.5) is 132 Å². The first-order valence-electron chi connectivity index (χ1n) is 9.94. The third-order valence-corrected chi connectivity index (χ3v) is 6.80. The van der Waals surface area contributed by atoms with Crippen molar-refractivity contribution in [2.24, 2.45) is 0 Å². The Hall–Kier alpha value is -1.37. The van der Waals surface area contributed by atoms with E-state index in [2.05, 4.69) is 0 Å². The standard InChI is InChI=1S/C16H3F30I/c17-3(18,5(21,22)7(25,26)11(33,34)13(37,38)15(41,42)43)1-2(47)4(19,20)6(23,24)8(27,28)9(29,30)10(31,32)12(35,36)14(39,40)16(44,45)46/h2H,1H2. The zero-order valence-electron chi connectivity index (χ0n) is 20.0. The fraction of sp³-hybridized carbons (Fsp3) is 1.00. The van der Waals surface area contributed by atoms with E-state index < -0.39 is 116 Å². The quantitative estimate of drug-likeness (QED) is 0.0982. The molecule has 0 N–H and O–H groups in total. The molecule has 0 aromatic heterocycles. The molecule has 0 aliphatic carbocycles. The van der Waals surface area contributed by atoms with Crippen molar-refractivity contribution in [3.63, 3.8) is 0 Å². The molecule has 0 saturated carbocycles. The van der Waals surface area contributed by atoms with Crippen LogP contribution < -0.4 is 0 Å². The smallest absolute Gasteiger partial charge is 0.200 e. The van der Waals surface area contributed by atoms with Gasteiger partial charge in [-0.05, 0) is 0 Å². The molecule has 1 atom stereocenters. The highest BCUT2D eigenvalue weighted by Crippen LogP contribution is 2.66. The van der Waals surface area contributed by atoms with Gasteiger partial charge >= 0.3 is 83.4 Å². The van der Waals surface area contributed by atoms with E-state index in [1.165, 1.54) is 0 Å². The molecule has 0 spiro atoms. The first kappa shape index (κ1) is 45.6. The molecule has 1 unspecified atom stereocenters. The predicted molar refractivity (Wildman–Crippen MR) is 93.9 cm³/mol. The highest BCUT2D eigenvalue weighted by atomic mass is 127. The molecule has 0 heterocycles. The molecule has 0 rings (SSSR count). The van der Waals surface area contributed by atoms with Gasteiger partial charge in [0.05, 0.1) is 3.92 Å². The Labute approximate surface area is 248 Å². The van der Waals surface area contributed by atoms with Crippen molar-refractivity contribution in [1.82, 2.24) is 0 Å². The second-order valence-corrected chi connectivity index (χ2v) is 10.2. The Morgan fingerprint density at radius 2 is 0.468 bits per heavy atom. The van der Waals surface area contributed by atoms with Crippen LogP contribution in [0.5, 0.6) is 0 Å². The molecule has 0 aromatic carbocycles. The summed E-state index contributed by atoms with van der Waals surface area (Å²) in [5, 5.41) is 0. The van der Waals surface area contributed by atoms with E-state index in [9.17, 15) is 132 Å². The minimum Gasteiger partial charge on any atom is -0.200 e. The number of alkyl halides is 31. The fourth-order valence-electron chi connectivity index (χ4n) is 2.66.